The molecule has 186 valence electrons. The van der Waals surface area contributed by atoms with E-state index in [9.17, 15) is 9.59 Å². The Morgan fingerprint density at radius 3 is 2.37 bits per heavy atom. The van der Waals surface area contributed by atoms with Gasteiger partial charge in [0, 0.05) is 57.3 Å². The number of carboxylic acids is 2. The third-order valence-corrected chi connectivity index (χ3v) is 5.29. The molecule has 4 rings (SSSR count). The van der Waals surface area contributed by atoms with Crippen molar-refractivity contribution in [3.8, 4) is 5.75 Å². The van der Waals surface area contributed by atoms with Crippen molar-refractivity contribution >= 4 is 29.4 Å². The first-order valence-electron chi connectivity index (χ1n) is 11.4. The number of aromatic nitrogens is 2. The largest absolute Gasteiger partial charge is 0.484 e. The van der Waals surface area contributed by atoms with E-state index in [4.69, 9.17) is 14.9 Å². The lowest BCUT2D eigenvalue weighted by Gasteiger charge is -2.34. The lowest BCUT2D eigenvalue weighted by atomic mass is 10.2. The van der Waals surface area contributed by atoms with E-state index >= 15 is 0 Å². The number of hydrogen-bond acceptors (Lipinski definition) is 8. The zero-order valence-electron chi connectivity index (χ0n) is 19.4. The first-order chi connectivity index (χ1) is 17.0. The smallest absolute Gasteiger partial charge is 0.328 e. The van der Waals surface area contributed by atoms with E-state index in [1.165, 1.54) is 0 Å². The second-order valence-corrected chi connectivity index (χ2v) is 7.83. The summed E-state index contributed by atoms with van der Waals surface area (Å²) in [6.45, 7) is 6.62. The summed E-state index contributed by atoms with van der Waals surface area (Å²) in [4.78, 5) is 37.2. The summed E-state index contributed by atoms with van der Waals surface area (Å²) in [5, 5.41) is 19.0. The van der Waals surface area contributed by atoms with E-state index < -0.39 is 11.9 Å². The second kappa shape index (κ2) is 13.7. The van der Waals surface area contributed by atoms with Crippen LogP contribution in [0.15, 0.2) is 59.9 Å². The van der Waals surface area contributed by atoms with Gasteiger partial charge in [-0.2, -0.15) is 0 Å². The number of nitrogens with zero attached hydrogens (tertiary/aromatic N) is 5. The van der Waals surface area contributed by atoms with E-state index in [1.54, 1.807) is 12.4 Å². The summed E-state index contributed by atoms with van der Waals surface area (Å²) < 4.78 is 5.72. The first-order valence-corrected chi connectivity index (χ1v) is 11.4. The molecule has 0 saturated carbocycles. The number of ether oxygens (including phenoxy) is 1. The molecule has 0 amide bonds. The van der Waals surface area contributed by atoms with Crippen LogP contribution in [0.25, 0.3) is 0 Å². The average molecular weight is 483 g/mol. The molecule has 1 aromatic carbocycles. The maximum atomic E-state index is 9.55. The molecule has 2 aliphatic heterocycles. The van der Waals surface area contributed by atoms with E-state index in [0.29, 0.717) is 18.8 Å². The van der Waals surface area contributed by atoms with Gasteiger partial charge >= 0.3 is 11.9 Å². The molecule has 11 nitrogen and oxygen atoms in total. The van der Waals surface area contributed by atoms with Gasteiger partial charge in [-0.3, -0.25) is 9.89 Å². The number of hydrogen-bond donors (Lipinski definition) is 3. The van der Waals surface area contributed by atoms with Crippen molar-refractivity contribution in [3.63, 3.8) is 0 Å². The average Bonchev–Trinajstić information content (AvgIpc) is 2.88. The van der Waals surface area contributed by atoms with Gasteiger partial charge in [0.2, 0.25) is 5.95 Å². The number of benzene rings is 1. The van der Waals surface area contributed by atoms with Gasteiger partial charge in [0.25, 0.3) is 0 Å². The molecular formula is C24H30N6O5. The highest BCUT2D eigenvalue weighted by molar-refractivity contribution is 5.99. The molecule has 2 aromatic rings. The Bertz CT molecular complexity index is 1010. The van der Waals surface area contributed by atoms with Crippen molar-refractivity contribution in [2.24, 2.45) is 4.99 Å². The number of para-hydroxylation sites is 2. The Balaban J connectivity index is 0.000000371. The maximum absolute atomic E-state index is 9.55. The summed E-state index contributed by atoms with van der Waals surface area (Å²) >= 11 is 0. The predicted octanol–water partition coefficient (Wildman–Crippen LogP) is 1.99. The number of amidine groups is 1. The van der Waals surface area contributed by atoms with Crippen LogP contribution in [-0.2, 0) is 9.59 Å². The highest BCUT2D eigenvalue weighted by atomic mass is 16.5. The topological polar surface area (TPSA) is 140 Å². The van der Waals surface area contributed by atoms with Gasteiger partial charge in [0.05, 0.1) is 5.69 Å². The molecular weight excluding hydrogens is 452 g/mol. The monoisotopic (exact) mass is 482 g/mol. The van der Waals surface area contributed by atoms with Crippen molar-refractivity contribution in [2.75, 3.05) is 56.1 Å². The minimum absolute atomic E-state index is 0.528. The van der Waals surface area contributed by atoms with E-state index in [0.717, 1.165) is 75.3 Å². The molecule has 0 aliphatic carbocycles. The quantitative estimate of drug-likeness (QED) is 0.378. The molecule has 1 aromatic heterocycles. The summed E-state index contributed by atoms with van der Waals surface area (Å²) in [5.74, 6) is 0.151. The molecule has 35 heavy (non-hydrogen) atoms. The van der Waals surface area contributed by atoms with Crippen LogP contribution < -0.4 is 15.0 Å². The minimum Gasteiger partial charge on any atom is -0.484 e. The molecule has 0 atom stereocenters. The number of fused-ring (bicyclic) bond motifs is 1. The number of aliphatic imine (C=N–C) groups is 1. The maximum Gasteiger partial charge on any atom is 0.328 e. The SMILES string of the molecule is O=C(O)/C=C/C(=O)O.c1cnc(N2CCN(CCCCN=C3COc4ccccc4N3)CC2)nc1. The van der Waals surface area contributed by atoms with Crippen LogP contribution >= 0.6 is 0 Å². The van der Waals surface area contributed by atoms with Crippen LogP contribution in [0.4, 0.5) is 11.6 Å². The molecule has 1 saturated heterocycles. The number of carboxylic acid groups (broad SMARTS) is 2. The number of rotatable bonds is 8. The highest BCUT2D eigenvalue weighted by Gasteiger charge is 2.18. The molecule has 2 aliphatic rings. The Hall–Kier alpha value is -3.99. The fourth-order valence-corrected chi connectivity index (χ4v) is 3.55. The number of piperazine rings is 1. The fourth-order valence-electron chi connectivity index (χ4n) is 3.55. The lowest BCUT2D eigenvalue weighted by molar-refractivity contribution is -0.134. The molecule has 0 bridgehead atoms. The standard InChI is InChI=1S/C20H26N6O.C4H4O4/c1-2-7-18-17(6-1)24-19(16-27-18)21-8-3-4-11-25-12-14-26(15-13-25)20-22-9-5-10-23-20;5-3(6)1-2-4(7)8/h1-2,5-7,9-10H,3-4,8,11-16H2,(H,21,24);1-2H,(H,5,6)(H,7,8)/b;2-1+. The summed E-state index contributed by atoms with van der Waals surface area (Å²) in [7, 11) is 0. The molecule has 3 heterocycles. The predicted molar refractivity (Wildman–Crippen MR) is 132 cm³/mol. The third-order valence-electron chi connectivity index (χ3n) is 5.29. The van der Waals surface area contributed by atoms with E-state index in [2.05, 4.69) is 30.1 Å². The van der Waals surface area contributed by atoms with Crippen LogP contribution in [0.3, 0.4) is 0 Å². The number of unbranched alkanes of at least 4 members (excludes halogenated alkanes) is 1. The zero-order chi connectivity index (χ0) is 24.9. The molecule has 1 fully saturated rings. The van der Waals surface area contributed by atoms with Crippen molar-refractivity contribution in [1.82, 2.24) is 14.9 Å². The van der Waals surface area contributed by atoms with Crippen LogP contribution in [0.5, 0.6) is 5.75 Å². The van der Waals surface area contributed by atoms with Crippen LogP contribution in [0.1, 0.15) is 12.8 Å². The molecule has 0 unspecified atom stereocenters. The summed E-state index contributed by atoms with van der Waals surface area (Å²) in [5.41, 5.74) is 1.00. The van der Waals surface area contributed by atoms with Crippen molar-refractivity contribution in [1.29, 1.82) is 0 Å². The van der Waals surface area contributed by atoms with Gasteiger partial charge in [-0.15, -0.1) is 0 Å². The number of anilines is 2. The normalized spacial score (nSPS) is 16.6. The Labute approximate surface area is 203 Å². The molecule has 11 heteroatoms. The zero-order valence-corrected chi connectivity index (χ0v) is 19.4. The first kappa shape index (κ1) is 25.6. The van der Waals surface area contributed by atoms with Gasteiger partial charge < -0.3 is 25.2 Å². The number of carbonyl (C=O) groups is 2. The Morgan fingerprint density at radius 2 is 1.69 bits per heavy atom. The van der Waals surface area contributed by atoms with Crippen molar-refractivity contribution < 1.29 is 24.5 Å². The lowest BCUT2D eigenvalue weighted by Crippen LogP contribution is -2.47. The fraction of sp³-hybridized carbons (Fsp3) is 0.375. The number of nitrogens with one attached hydrogen (secondary N) is 1. The second-order valence-electron chi connectivity index (χ2n) is 7.83. The molecule has 3 N–H and O–H groups in total. The minimum atomic E-state index is -1.26. The molecule has 0 spiro atoms. The van der Waals surface area contributed by atoms with Gasteiger partial charge in [-0.1, -0.05) is 12.1 Å². The summed E-state index contributed by atoms with van der Waals surface area (Å²) in [6, 6.07) is 9.83. The van der Waals surface area contributed by atoms with Crippen LogP contribution in [0.2, 0.25) is 0 Å². The number of aliphatic carboxylic acids is 2. The molecule has 0 radical (unpaired) electrons. The van der Waals surface area contributed by atoms with Gasteiger partial charge in [-0.25, -0.2) is 19.6 Å². The highest BCUT2D eigenvalue weighted by Crippen LogP contribution is 2.26. The Kier molecular flexibility index (Phi) is 10.00. The van der Waals surface area contributed by atoms with Crippen LogP contribution in [-0.4, -0.2) is 88.7 Å². The van der Waals surface area contributed by atoms with Gasteiger partial charge in [0.1, 0.15) is 18.2 Å². The van der Waals surface area contributed by atoms with Gasteiger partial charge in [-0.05, 0) is 37.6 Å². The van der Waals surface area contributed by atoms with Crippen LogP contribution in [0, 0.1) is 0 Å². The Morgan fingerprint density at radius 1 is 1.00 bits per heavy atom. The van der Waals surface area contributed by atoms with E-state index in [-0.39, 0.29) is 0 Å². The van der Waals surface area contributed by atoms with E-state index in [1.807, 2.05) is 30.3 Å². The van der Waals surface area contributed by atoms with Crippen molar-refractivity contribution in [3.05, 3.63) is 54.9 Å². The third kappa shape index (κ3) is 9.05. The summed E-state index contributed by atoms with van der Waals surface area (Å²) in [6.07, 6.45) is 6.98. The van der Waals surface area contributed by atoms with Crippen molar-refractivity contribution in [2.45, 2.75) is 12.8 Å². The van der Waals surface area contributed by atoms with Gasteiger partial charge in [0.15, 0.2) is 0 Å².